The minimum Gasteiger partial charge on any atom is -0.481 e. The van der Waals surface area contributed by atoms with Crippen molar-refractivity contribution < 1.29 is 9.47 Å². The van der Waals surface area contributed by atoms with Gasteiger partial charge in [-0.25, -0.2) is 19.9 Å². The first-order chi connectivity index (χ1) is 9.69. The Morgan fingerprint density at radius 1 is 1.25 bits per heavy atom. The smallest absolute Gasteiger partial charge is 0.216 e. The molecule has 0 saturated heterocycles. The summed E-state index contributed by atoms with van der Waals surface area (Å²) >= 11 is 2.19. The van der Waals surface area contributed by atoms with E-state index in [0.717, 1.165) is 15.1 Å². The number of nitrogens with zero attached hydrogens (tertiary/aromatic N) is 4. The van der Waals surface area contributed by atoms with Crippen molar-refractivity contribution in [3.8, 4) is 17.4 Å². The van der Waals surface area contributed by atoms with Crippen LogP contribution in [0.1, 0.15) is 5.69 Å². The van der Waals surface area contributed by atoms with E-state index in [4.69, 9.17) is 9.47 Å². The van der Waals surface area contributed by atoms with Crippen molar-refractivity contribution in [2.75, 3.05) is 26.6 Å². The fourth-order valence-electron chi connectivity index (χ4n) is 1.58. The Labute approximate surface area is 130 Å². The SMILES string of the molecule is CNc1nc(-c2cc(OC)ncn2)nc(COC)c1I. The maximum atomic E-state index is 5.16. The molecule has 0 aliphatic heterocycles. The Hall–Kier alpha value is -1.55. The summed E-state index contributed by atoms with van der Waals surface area (Å²) in [7, 11) is 4.99. The van der Waals surface area contributed by atoms with E-state index in [9.17, 15) is 0 Å². The van der Waals surface area contributed by atoms with Crippen molar-refractivity contribution in [3.63, 3.8) is 0 Å². The van der Waals surface area contributed by atoms with Gasteiger partial charge in [0.15, 0.2) is 5.82 Å². The number of anilines is 1. The van der Waals surface area contributed by atoms with Crippen LogP contribution in [0.5, 0.6) is 5.88 Å². The van der Waals surface area contributed by atoms with Gasteiger partial charge in [0.1, 0.15) is 17.8 Å². The number of hydrogen-bond donors (Lipinski definition) is 1. The third-order valence-electron chi connectivity index (χ3n) is 2.52. The van der Waals surface area contributed by atoms with Gasteiger partial charge in [0.2, 0.25) is 5.88 Å². The van der Waals surface area contributed by atoms with Crippen molar-refractivity contribution >= 4 is 28.4 Å². The first kappa shape index (κ1) is 14.9. The molecule has 7 nitrogen and oxygen atoms in total. The normalized spacial score (nSPS) is 10.4. The molecule has 0 aliphatic carbocycles. The minimum atomic E-state index is 0.407. The molecule has 0 aromatic carbocycles. The lowest BCUT2D eigenvalue weighted by atomic mass is 10.3. The van der Waals surface area contributed by atoms with E-state index in [0.29, 0.717) is 24.0 Å². The number of aromatic nitrogens is 4. The highest BCUT2D eigenvalue weighted by atomic mass is 127. The predicted octanol–water partition coefficient (Wildman–Crippen LogP) is 1.73. The molecule has 2 rings (SSSR count). The van der Waals surface area contributed by atoms with E-state index in [1.54, 1.807) is 20.3 Å². The maximum absolute atomic E-state index is 5.16. The third-order valence-corrected chi connectivity index (χ3v) is 3.65. The summed E-state index contributed by atoms with van der Waals surface area (Å²) in [5, 5.41) is 3.04. The van der Waals surface area contributed by atoms with Crippen LogP contribution in [0, 0.1) is 3.57 Å². The number of ether oxygens (including phenoxy) is 2. The van der Waals surface area contributed by atoms with E-state index in [-0.39, 0.29) is 0 Å². The Kier molecular flexibility index (Phi) is 5.01. The molecule has 1 N–H and O–H groups in total. The average molecular weight is 387 g/mol. The number of methoxy groups -OCH3 is 2. The molecule has 0 aliphatic rings. The lowest BCUT2D eigenvalue weighted by molar-refractivity contribution is 0.181. The molecule has 0 radical (unpaired) electrons. The van der Waals surface area contributed by atoms with Gasteiger partial charge in [-0.05, 0) is 22.6 Å². The largest absolute Gasteiger partial charge is 0.481 e. The molecule has 0 amide bonds. The number of halogens is 1. The summed E-state index contributed by atoms with van der Waals surface area (Å²) in [4.78, 5) is 17.1. The quantitative estimate of drug-likeness (QED) is 0.783. The maximum Gasteiger partial charge on any atom is 0.216 e. The van der Waals surface area contributed by atoms with Gasteiger partial charge < -0.3 is 14.8 Å². The van der Waals surface area contributed by atoms with E-state index < -0.39 is 0 Å². The fraction of sp³-hybridized carbons (Fsp3) is 0.333. The highest BCUT2D eigenvalue weighted by molar-refractivity contribution is 14.1. The van der Waals surface area contributed by atoms with Gasteiger partial charge in [-0.2, -0.15) is 0 Å². The standard InChI is InChI=1S/C12H14IN5O2/c1-14-12-10(13)8(5-19-2)17-11(18-12)7-4-9(20-3)16-6-15-7/h4,6H,5H2,1-3H3,(H,14,17,18). The van der Waals surface area contributed by atoms with Gasteiger partial charge in [0.05, 0.1) is 23.0 Å². The highest BCUT2D eigenvalue weighted by Crippen LogP contribution is 2.24. The Morgan fingerprint density at radius 3 is 2.70 bits per heavy atom. The van der Waals surface area contributed by atoms with Gasteiger partial charge in [-0.1, -0.05) is 0 Å². The number of rotatable bonds is 5. The monoisotopic (exact) mass is 387 g/mol. The average Bonchev–Trinajstić information content (AvgIpc) is 2.49. The molecule has 2 aromatic rings. The number of nitrogens with one attached hydrogen (secondary N) is 1. The van der Waals surface area contributed by atoms with Crippen LogP contribution in [0.3, 0.4) is 0 Å². The summed E-state index contributed by atoms with van der Waals surface area (Å²) in [6.07, 6.45) is 1.42. The topological polar surface area (TPSA) is 82.1 Å². The lowest BCUT2D eigenvalue weighted by Gasteiger charge is -2.10. The molecule has 0 fully saturated rings. The molecule has 8 heteroatoms. The van der Waals surface area contributed by atoms with Gasteiger partial charge in [-0.3, -0.25) is 0 Å². The van der Waals surface area contributed by atoms with Gasteiger partial charge in [-0.15, -0.1) is 0 Å². The zero-order valence-electron chi connectivity index (χ0n) is 11.3. The Balaban J connectivity index is 2.52. The van der Waals surface area contributed by atoms with Gasteiger partial charge in [0, 0.05) is 20.2 Å². The molecule has 106 valence electrons. The van der Waals surface area contributed by atoms with Gasteiger partial charge in [0.25, 0.3) is 0 Å². The zero-order chi connectivity index (χ0) is 14.5. The predicted molar refractivity (Wildman–Crippen MR) is 82.6 cm³/mol. The summed E-state index contributed by atoms with van der Waals surface area (Å²) in [6, 6.07) is 1.69. The van der Waals surface area contributed by atoms with Crippen molar-refractivity contribution in [2.24, 2.45) is 0 Å². The van der Waals surface area contributed by atoms with E-state index >= 15 is 0 Å². The Bertz CT molecular complexity index is 608. The second-order valence-corrected chi connectivity index (χ2v) is 4.86. The molecular weight excluding hydrogens is 373 g/mol. The van der Waals surface area contributed by atoms with Crippen LogP contribution in [0.25, 0.3) is 11.5 Å². The number of hydrogen-bond acceptors (Lipinski definition) is 7. The lowest BCUT2D eigenvalue weighted by Crippen LogP contribution is -2.07. The van der Waals surface area contributed by atoms with E-state index in [1.807, 2.05) is 7.05 Å². The molecule has 0 atom stereocenters. The van der Waals surface area contributed by atoms with Crippen molar-refractivity contribution in [2.45, 2.75) is 6.61 Å². The zero-order valence-corrected chi connectivity index (χ0v) is 13.5. The molecule has 2 aromatic heterocycles. The fourth-order valence-corrected chi connectivity index (χ4v) is 2.25. The molecule has 2 heterocycles. The third kappa shape index (κ3) is 3.12. The van der Waals surface area contributed by atoms with Crippen LogP contribution in [0.2, 0.25) is 0 Å². The van der Waals surface area contributed by atoms with Crippen LogP contribution < -0.4 is 10.1 Å². The van der Waals surface area contributed by atoms with Crippen LogP contribution >= 0.6 is 22.6 Å². The van der Waals surface area contributed by atoms with E-state index in [2.05, 4.69) is 47.8 Å². The van der Waals surface area contributed by atoms with Crippen LogP contribution in [0.4, 0.5) is 5.82 Å². The molecule has 0 bridgehead atoms. The summed E-state index contributed by atoms with van der Waals surface area (Å²) < 4.78 is 11.2. The van der Waals surface area contributed by atoms with Crippen molar-refractivity contribution in [1.29, 1.82) is 0 Å². The molecule has 0 spiro atoms. The second kappa shape index (κ2) is 6.75. The molecule has 0 unspecified atom stereocenters. The van der Waals surface area contributed by atoms with Crippen LogP contribution in [0.15, 0.2) is 12.4 Å². The summed E-state index contributed by atoms with van der Waals surface area (Å²) in [5.74, 6) is 1.71. The van der Waals surface area contributed by atoms with Crippen molar-refractivity contribution in [1.82, 2.24) is 19.9 Å². The Morgan fingerprint density at radius 2 is 2.05 bits per heavy atom. The minimum absolute atomic E-state index is 0.407. The van der Waals surface area contributed by atoms with Gasteiger partial charge >= 0.3 is 0 Å². The molecule has 20 heavy (non-hydrogen) atoms. The second-order valence-electron chi connectivity index (χ2n) is 3.79. The highest BCUT2D eigenvalue weighted by Gasteiger charge is 2.14. The first-order valence-corrected chi connectivity index (χ1v) is 6.87. The molecule has 0 saturated carbocycles. The molecular formula is C12H14IN5O2. The first-order valence-electron chi connectivity index (χ1n) is 5.79. The van der Waals surface area contributed by atoms with E-state index in [1.165, 1.54) is 6.33 Å². The van der Waals surface area contributed by atoms with Crippen molar-refractivity contribution in [3.05, 3.63) is 21.7 Å². The van der Waals surface area contributed by atoms with Crippen LogP contribution in [-0.4, -0.2) is 41.2 Å². The summed E-state index contributed by atoms with van der Waals surface area (Å²) in [5.41, 5.74) is 1.40. The van der Waals surface area contributed by atoms with Crippen LogP contribution in [-0.2, 0) is 11.3 Å². The summed E-state index contributed by atoms with van der Waals surface area (Å²) in [6.45, 7) is 0.407.